The number of unbranched alkanes of at least 4 members (excludes halogenated alkanes) is 1. The summed E-state index contributed by atoms with van der Waals surface area (Å²) in [6, 6.07) is 7.68. The Morgan fingerprint density at radius 3 is 2.73 bits per heavy atom. The highest BCUT2D eigenvalue weighted by Gasteiger charge is 2.45. The zero-order valence-corrected chi connectivity index (χ0v) is 19.2. The van der Waals surface area contributed by atoms with Crippen LogP contribution in [0, 0.1) is 0 Å². The molecule has 0 saturated carbocycles. The number of carbonyl (C=O) groups is 1. The van der Waals surface area contributed by atoms with Gasteiger partial charge in [0.25, 0.3) is 5.56 Å². The van der Waals surface area contributed by atoms with Crippen molar-refractivity contribution < 1.29 is 19.4 Å². The maximum atomic E-state index is 13.4. The Kier molecular flexibility index (Phi) is 5.24. The number of esters is 1. The van der Waals surface area contributed by atoms with Gasteiger partial charge in [-0.05, 0) is 49.1 Å². The second-order valence-electron chi connectivity index (χ2n) is 8.76. The molecule has 0 radical (unpaired) electrons. The molecule has 2 aliphatic rings. The molecule has 0 bridgehead atoms. The summed E-state index contributed by atoms with van der Waals surface area (Å²) < 4.78 is 12.8. The van der Waals surface area contributed by atoms with Gasteiger partial charge in [-0.15, -0.1) is 0 Å². The standard InChI is InChI=1S/C26H28N2O5/c1-4-7-10-32-15-8-9-21-17(11-15)16(5-2)18-13-28-22(23(18)27-21)12-20-19(24(28)29)14-33-25(30)26(20,31)6-3/h8-9,11-12,31H,4-7,10,13-14H2,1-3H3/t26-/m0/s1. The fourth-order valence-electron chi connectivity index (χ4n) is 4.97. The summed E-state index contributed by atoms with van der Waals surface area (Å²) in [7, 11) is 0. The predicted octanol–water partition coefficient (Wildman–Crippen LogP) is 3.82. The van der Waals surface area contributed by atoms with Crippen molar-refractivity contribution >= 4 is 16.9 Å². The monoisotopic (exact) mass is 448 g/mol. The Bertz CT molecular complexity index is 1340. The normalized spacial score (nSPS) is 18.6. The van der Waals surface area contributed by atoms with Crippen LogP contribution in [0.5, 0.6) is 5.75 Å². The van der Waals surface area contributed by atoms with Gasteiger partial charge in [0, 0.05) is 16.5 Å². The maximum Gasteiger partial charge on any atom is 0.343 e. The van der Waals surface area contributed by atoms with Crippen molar-refractivity contribution in [2.24, 2.45) is 0 Å². The van der Waals surface area contributed by atoms with Crippen LogP contribution >= 0.6 is 0 Å². The SMILES string of the molecule is CCCCOc1ccc2nc3c(c(CC)c2c1)Cn1c-3cc2c(c1=O)COC(=O)[C@]2(O)CC. The molecule has 4 heterocycles. The summed E-state index contributed by atoms with van der Waals surface area (Å²) in [5.74, 6) is 0.107. The zero-order chi connectivity index (χ0) is 23.3. The molecule has 0 spiro atoms. The topological polar surface area (TPSA) is 90.7 Å². The molecule has 33 heavy (non-hydrogen) atoms. The number of benzene rings is 1. The van der Waals surface area contributed by atoms with E-state index in [1.165, 1.54) is 0 Å². The van der Waals surface area contributed by atoms with Crippen LogP contribution in [-0.4, -0.2) is 27.2 Å². The lowest BCUT2D eigenvalue weighted by Crippen LogP contribution is -2.44. The van der Waals surface area contributed by atoms with E-state index in [0.29, 0.717) is 30.0 Å². The third-order valence-corrected chi connectivity index (χ3v) is 6.90. The fraction of sp³-hybridized carbons (Fsp3) is 0.423. The van der Waals surface area contributed by atoms with E-state index in [4.69, 9.17) is 14.5 Å². The van der Waals surface area contributed by atoms with Gasteiger partial charge in [-0.3, -0.25) is 4.79 Å². The Labute approximate surface area is 192 Å². The molecule has 1 aromatic carbocycles. The largest absolute Gasteiger partial charge is 0.494 e. The molecular formula is C26H28N2O5. The van der Waals surface area contributed by atoms with Crippen molar-refractivity contribution in [3.05, 3.63) is 56.9 Å². The molecular weight excluding hydrogens is 420 g/mol. The van der Waals surface area contributed by atoms with Crippen molar-refractivity contribution in [1.29, 1.82) is 0 Å². The highest BCUT2D eigenvalue weighted by molar-refractivity contribution is 5.90. The molecule has 7 heteroatoms. The number of hydrogen-bond donors (Lipinski definition) is 1. The van der Waals surface area contributed by atoms with E-state index < -0.39 is 11.6 Å². The number of hydrogen-bond acceptors (Lipinski definition) is 6. The number of aliphatic hydroxyl groups is 1. The summed E-state index contributed by atoms with van der Waals surface area (Å²) in [4.78, 5) is 30.7. The molecule has 1 atom stereocenters. The molecule has 0 aliphatic carbocycles. The van der Waals surface area contributed by atoms with Crippen molar-refractivity contribution in [2.45, 2.75) is 65.2 Å². The van der Waals surface area contributed by atoms with Crippen molar-refractivity contribution in [3.63, 3.8) is 0 Å². The first-order valence-electron chi connectivity index (χ1n) is 11.7. The number of ether oxygens (including phenoxy) is 2. The minimum atomic E-state index is -1.82. The smallest absolute Gasteiger partial charge is 0.343 e. The first kappa shape index (κ1) is 21.6. The van der Waals surface area contributed by atoms with Gasteiger partial charge in [-0.1, -0.05) is 27.2 Å². The van der Waals surface area contributed by atoms with E-state index in [-0.39, 0.29) is 18.6 Å². The highest BCUT2D eigenvalue weighted by Crippen LogP contribution is 2.40. The van der Waals surface area contributed by atoms with Crippen LogP contribution in [-0.2, 0) is 34.7 Å². The minimum Gasteiger partial charge on any atom is -0.494 e. The first-order valence-corrected chi connectivity index (χ1v) is 11.7. The van der Waals surface area contributed by atoms with E-state index in [9.17, 15) is 14.7 Å². The number of carbonyl (C=O) groups excluding carboxylic acids is 1. The van der Waals surface area contributed by atoms with E-state index in [1.54, 1.807) is 17.6 Å². The van der Waals surface area contributed by atoms with E-state index >= 15 is 0 Å². The molecule has 172 valence electrons. The lowest BCUT2D eigenvalue weighted by Gasteiger charge is -2.31. The molecule has 0 amide bonds. The van der Waals surface area contributed by atoms with Crippen molar-refractivity contribution in [1.82, 2.24) is 9.55 Å². The molecule has 7 nitrogen and oxygen atoms in total. The summed E-state index contributed by atoms with van der Waals surface area (Å²) in [5, 5.41) is 12.1. The summed E-state index contributed by atoms with van der Waals surface area (Å²) >= 11 is 0. The number of fused-ring (bicyclic) bond motifs is 5. The average molecular weight is 449 g/mol. The Balaban J connectivity index is 1.69. The summed E-state index contributed by atoms with van der Waals surface area (Å²) in [6.45, 7) is 6.89. The van der Waals surface area contributed by atoms with Gasteiger partial charge in [0.15, 0.2) is 5.60 Å². The van der Waals surface area contributed by atoms with Gasteiger partial charge in [-0.25, -0.2) is 9.78 Å². The Hall–Kier alpha value is -3.19. The van der Waals surface area contributed by atoms with Gasteiger partial charge in [0.1, 0.15) is 12.4 Å². The molecule has 5 rings (SSSR count). The Morgan fingerprint density at radius 1 is 1.18 bits per heavy atom. The quantitative estimate of drug-likeness (QED) is 0.356. The second-order valence-corrected chi connectivity index (χ2v) is 8.76. The fourth-order valence-corrected chi connectivity index (χ4v) is 4.97. The Morgan fingerprint density at radius 2 is 2.00 bits per heavy atom. The first-order chi connectivity index (χ1) is 15.9. The second kappa shape index (κ2) is 7.99. The van der Waals surface area contributed by atoms with Crippen LogP contribution in [0.4, 0.5) is 0 Å². The van der Waals surface area contributed by atoms with Gasteiger partial charge >= 0.3 is 5.97 Å². The van der Waals surface area contributed by atoms with E-state index in [0.717, 1.165) is 52.7 Å². The number of pyridine rings is 2. The zero-order valence-electron chi connectivity index (χ0n) is 19.2. The average Bonchev–Trinajstić information content (AvgIpc) is 3.19. The third kappa shape index (κ3) is 3.17. The minimum absolute atomic E-state index is 0.125. The highest BCUT2D eigenvalue weighted by atomic mass is 16.6. The molecule has 2 aromatic heterocycles. The van der Waals surface area contributed by atoms with Crippen LogP contribution in [0.1, 0.15) is 62.3 Å². The molecule has 3 aromatic rings. The van der Waals surface area contributed by atoms with E-state index in [2.05, 4.69) is 13.8 Å². The summed E-state index contributed by atoms with van der Waals surface area (Å²) in [6.07, 6.45) is 2.98. The third-order valence-electron chi connectivity index (χ3n) is 6.90. The summed E-state index contributed by atoms with van der Waals surface area (Å²) in [5.41, 5.74) is 2.95. The number of cyclic esters (lactones) is 1. The van der Waals surface area contributed by atoms with Crippen molar-refractivity contribution in [2.75, 3.05) is 6.61 Å². The number of aryl methyl sites for hydroxylation is 1. The number of rotatable bonds is 6. The van der Waals surface area contributed by atoms with Crippen LogP contribution in [0.25, 0.3) is 22.3 Å². The predicted molar refractivity (Wildman–Crippen MR) is 124 cm³/mol. The lowest BCUT2D eigenvalue weighted by atomic mass is 9.86. The maximum absolute atomic E-state index is 13.4. The molecule has 1 N–H and O–H groups in total. The van der Waals surface area contributed by atoms with Gasteiger partial charge in [0.05, 0.1) is 35.6 Å². The molecule has 0 saturated heterocycles. The molecule has 2 aliphatic heterocycles. The van der Waals surface area contributed by atoms with Gasteiger partial charge in [-0.2, -0.15) is 0 Å². The molecule has 0 fully saturated rings. The van der Waals surface area contributed by atoms with Crippen LogP contribution in [0.2, 0.25) is 0 Å². The van der Waals surface area contributed by atoms with Crippen LogP contribution in [0.15, 0.2) is 29.1 Å². The number of nitrogens with zero attached hydrogens (tertiary/aromatic N) is 2. The van der Waals surface area contributed by atoms with Gasteiger partial charge in [0.2, 0.25) is 0 Å². The van der Waals surface area contributed by atoms with Crippen molar-refractivity contribution in [3.8, 4) is 17.1 Å². The van der Waals surface area contributed by atoms with Crippen LogP contribution in [0.3, 0.4) is 0 Å². The molecule has 0 unspecified atom stereocenters. The number of aromatic nitrogens is 2. The van der Waals surface area contributed by atoms with E-state index in [1.807, 2.05) is 18.2 Å². The lowest BCUT2D eigenvalue weighted by molar-refractivity contribution is -0.172. The van der Waals surface area contributed by atoms with Gasteiger partial charge < -0.3 is 19.1 Å². The van der Waals surface area contributed by atoms with Crippen LogP contribution < -0.4 is 10.3 Å².